The van der Waals surface area contributed by atoms with E-state index >= 15 is 0 Å². The van der Waals surface area contributed by atoms with Gasteiger partial charge in [0.25, 0.3) is 0 Å². The maximum Gasteiger partial charge on any atom is 0.322 e. The molecule has 0 bridgehead atoms. The van der Waals surface area contributed by atoms with Gasteiger partial charge in [-0.2, -0.15) is 0 Å². The van der Waals surface area contributed by atoms with Gasteiger partial charge in [-0.25, -0.2) is 14.8 Å². The summed E-state index contributed by atoms with van der Waals surface area (Å²) in [5, 5.41) is 4.23. The Morgan fingerprint density at radius 3 is 2.58 bits per heavy atom. The third kappa shape index (κ3) is 5.37. The molecule has 38 heavy (non-hydrogen) atoms. The Labute approximate surface area is 228 Å². The number of fused-ring (bicyclic) bond motifs is 3. The monoisotopic (exact) mass is 538 g/mol. The first kappa shape index (κ1) is 26.5. The molecular formula is C28H38N6O3S. The molecule has 0 radical (unpaired) electrons. The zero-order valence-corrected chi connectivity index (χ0v) is 23.9. The van der Waals surface area contributed by atoms with Crippen molar-refractivity contribution < 1.29 is 14.3 Å². The third-order valence-electron chi connectivity index (χ3n) is 7.36. The van der Waals surface area contributed by atoms with E-state index in [1.54, 1.807) is 26.4 Å². The molecule has 9 nitrogen and oxygen atoms in total. The van der Waals surface area contributed by atoms with Gasteiger partial charge in [-0.15, -0.1) is 11.3 Å². The van der Waals surface area contributed by atoms with Crippen LogP contribution in [0.25, 0.3) is 10.2 Å². The van der Waals surface area contributed by atoms with Crippen LogP contribution in [-0.2, 0) is 19.4 Å². The second-order valence-electron chi connectivity index (χ2n) is 10.3. The Balaban J connectivity index is 1.35. The van der Waals surface area contributed by atoms with Crippen LogP contribution in [-0.4, -0.2) is 79.3 Å². The van der Waals surface area contributed by atoms with Crippen molar-refractivity contribution >= 4 is 39.1 Å². The molecule has 0 atom stereocenters. The van der Waals surface area contributed by atoms with Crippen LogP contribution in [0.15, 0.2) is 18.2 Å². The summed E-state index contributed by atoms with van der Waals surface area (Å²) in [6.45, 7) is 12.5. The highest BCUT2D eigenvalue weighted by Crippen LogP contribution is 2.39. The molecule has 0 unspecified atom stereocenters. The van der Waals surface area contributed by atoms with Crippen LogP contribution < -0.4 is 19.7 Å². The number of nitrogens with zero attached hydrogens (tertiary/aromatic N) is 5. The largest absolute Gasteiger partial charge is 0.497 e. The molecule has 2 aromatic heterocycles. The minimum absolute atomic E-state index is 0.131. The Bertz CT molecular complexity index is 1300. The summed E-state index contributed by atoms with van der Waals surface area (Å²) in [6.07, 6.45) is 1.90. The number of thiophene rings is 1. The van der Waals surface area contributed by atoms with E-state index in [-0.39, 0.29) is 6.03 Å². The number of ether oxygens (including phenoxy) is 2. The van der Waals surface area contributed by atoms with E-state index in [0.29, 0.717) is 36.2 Å². The van der Waals surface area contributed by atoms with Crippen molar-refractivity contribution in [2.45, 2.75) is 40.2 Å². The number of urea groups is 1. The van der Waals surface area contributed by atoms with Crippen molar-refractivity contribution in [1.82, 2.24) is 19.8 Å². The minimum Gasteiger partial charge on any atom is -0.497 e. The molecule has 1 saturated heterocycles. The molecule has 3 aromatic rings. The van der Waals surface area contributed by atoms with Gasteiger partial charge in [0, 0.05) is 56.6 Å². The summed E-state index contributed by atoms with van der Waals surface area (Å²) in [5.74, 6) is 3.70. The Kier molecular flexibility index (Phi) is 7.90. The molecule has 1 fully saturated rings. The fraction of sp³-hybridized carbons (Fsp3) is 0.536. The summed E-state index contributed by atoms with van der Waals surface area (Å²) in [5.41, 5.74) is 2.05. The van der Waals surface area contributed by atoms with Gasteiger partial charge in [-0.3, -0.25) is 4.90 Å². The number of carbonyl (C=O) groups is 1. The Morgan fingerprint density at radius 1 is 1.11 bits per heavy atom. The van der Waals surface area contributed by atoms with Gasteiger partial charge in [0.15, 0.2) is 0 Å². The topological polar surface area (TPSA) is 83.1 Å². The van der Waals surface area contributed by atoms with Gasteiger partial charge in [0.2, 0.25) is 0 Å². The molecule has 0 saturated carbocycles. The lowest BCUT2D eigenvalue weighted by Crippen LogP contribution is -2.50. The van der Waals surface area contributed by atoms with Crippen LogP contribution in [0.2, 0.25) is 0 Å². The second kappa shape index (κ2) is 11.3. The second-order valence-corrected chi connectivity index (χ2v) is 11.4. The van der Waals surface area contributed by atoms with Gasteiger partial charge in [-0.05, 0) is 36.6 Å². The SMILES string of the molecule is CCN1CCc2c(sc3nc(CC(C)C)nc(N4CCN(C(=O)Nc5ccc(OC)cc5OC)CC4)c23)C1. The Hall–Kier alpha value is -3.11. The number of hydrogen-bond donors (Lipinski definition) is 1. The predicted octanol–water partition coefficient (Wildman–Crippen LogP) is 4.64. The quantitative estimate of drug-likeness (QED) is 0.469. The molecule has 0 aliphatic carbocycles. The lowest BCUT2D eigenvalue weighted by molar-refractivity contribution is 0.208. The number of piperazine rings is 1. The van der Waals surface area contributed by atoms with Gasteiger partial charge in [0.1, 0.15) is 28.0 Å². The van der Waals surface area contributed by atoms with Gasteiger partial charge >= 0.3 is 6.03 Å². The van der Waals surface area contributed by atoms with E-state index in [4.69, 9.17) is 19.4 Å². The highest BCUT2D eigenvalue weighted by Gasteiger charge is 2.29. The fourth-order valence-corrected chi connectivity index (χ4v) is 6.52. The van der Waals surface area contributed by atoms with Crippen LogP contribution in [0, 0.1) is 5.92 Å². The highest BCUT2D eigenvalue weighted by atomic mass is 32.1. The Morgan fingerprint density at radius 2 is 1.89 bits per heavy atom. The van der Waals surface area contributed by atoms with Gasteiger partial charge < -0.3 is 24.6 Å². The maximum absolute atomic E-state index is 13.1. The van der Waals surface area contributed by atoms with Crippen molar-refractivity contribution in [3.8, 4) is 11.5 Å². The van der Waals surface area contributed by atoms with Crippen molar-refractivity contribution in [3.63, 3.8) is 0 Å². The number of nitrogens with one attached hydrogen (secondary N) is 1. The van der Waals surface area contributed by atoms with Crippen molar-refractivity contribution in [2.75, 3.05) is 63.7 Å². The average Bonchev–Trinajstić information content (AvgIpc) is 3.29. The molecule has 2 aliphatic heterocycles. The molecule has 4 heterocycles. The van der Waals surface area contributed by atoms with Crippen LogP contribution >= 0.6 is 11.3 Å². The summed E-state index contributed by atoms with van der Waals surface area (Å²) in [7, 11) is 3.19. The van der Waals surface area contributed by atoms with Crippen molar-refractivity contribution in [2.24, 2.45) is 5.92 Å². The zero-order chi connectivity index (χ0) is 26.8. The summed E-state index contributed by atoms with van der Waals surface area (Å²) in [4.78, 5) is 32.5. The molecule has 5 rings (SSSR count). The van der Waals surface area contributed by atoms with E-state index in [9.17, 15) is 4.79 Å². The first-order valence-electron chi connectivity index (χ1n) is 13.5. The number of likely N-dealkylation sites (N-methyl/N-ethyl adjacent to an activating group) is 1. The first-order chi connectivity index (χ1) is 18.4. The number of rotatable bonds is 7. The van der Waals surface area contributed by atoms with Gasteiger partial charge in [-0.1, -0.05) is 20.8 Å². The predicted molar refractivity (Wildman–Crippen MR) is 153 cm³/mol. The highest BCUT2D eigenvalue weighted by molar-refractivity contribution is 7.19. The number of benzene rings is 1. The number of amides is 2. The number of carbonyl (C=O) groups excluding carboxylic acids is 1. The molecule has 2 aliphatic rings. The molecule has 0 spiro atoms. The number of anilines is 2. The number of aromatic nitrogens is 2. The van der Waals surface area contributed by atoms with E-state index in [0.717, 1.165) is 62.0 Å². The van der Waals surface area contributed by atoms with Crippen LogP contribution in [0.3, 0.4) is 0 Å². The number of hydrogen-bond acceptors (Lipinski definition) is 8. The van der Waals surface area contributed by atoms with E-state index in [2.05, 4.69) is 35.9 Å². The minimum atomic E-state index is -0.131. The lowest BCUT2D eigenvalue weighted by Gasteiger charge is -2.36. The summed E-state index contributed by atoms with van der Waals surface area (Å²) < 4.78 is 10.7. The summed E-state index contributed by atoms with van der Waals surface area (Å²) >= 11 is 1.84. The standard InChI is InChI=1S/C28H38N6O3S/c1-6-32-10-9-20-23(17-32)38-27-25(20)26(30-24(31-27)15-18(2)3)33-11-13-34(14-12-33)28(35)29-21-8-7-19(36-4)16-22(21)37-5/h7-8,16,18H,6,9-15,17H2,1-5H3,(H,29,35). The van der Waals surface area contributed by atoms with Crippen LogP contribution in [0.5, 0.6) is 11.5 Å². The van der Waals surface area contributed by atoms with Crippen molar-refractivity contribution in [3.05, 3.63) is 34.5 Å². The normalized spacial score (nSPS) is 16.2. The molecule has 10 heteroatoms. The van der Waals surface area contributed by atoms with Crippen LogP contribution in [0.1, 0.15) is 37.0 Å². The lowest BCUT2D eigenvalue weighted by atomic mass is 10.0. The molecular weight excluding hydrogens is 500 g/mol. The average molecular weight is 539 g/mol. The molecule has 1 N–H and O–H groups in total. The smallest absolute Gasteiger partial charge is 0.322 e. The van der Waals surface area contributed by atoms with E-state index in [1.807, 2.05) is 22.3 Å². The third-order valence-corrected chi connectivity index (χ3v) is 8.47. The maximum atomic E-state index is 13.1. The number of methoxy groups -OCH3 is 2. The first-order valence-corrected chi connectivity index (χ1v) is 14.3. The van der Waals surface area contributed by atoms with E-state index in [1.165, 1.54) is 15.8 Å². The van der Waals surface area contributed by atoms with Crippen molar-refractivity contribution in [1.29, 1.82) is 0 Å². The zero-order valence-electron chi connectivity index (χ0n) is 23.0. The molecule has 1 aromatic carbocycles. The van der Waals surface area contributed by atoms with Gasteiger partial charge in [0.05, 0.1) is 25.3 Å². The van der Waals surface area contributed by atoms with E-state index < -0.39 is 0 Å². The van der Waals surface area contributed by atoms with Crippen LogP contribution in [0.4, 0.5) is 16.3 Å². The summed E-state index contributed by atoms with van der Waals surface area (Å²) in [6, 6.07) is 5.25. The molecule has 2 amide bonds. The fourth-order valence-electron chi connectivity index (χ4n) is 5.24. The molecule has 204 valence electrons.